The number of carbonyl (C=O) groups is 1. The Bertz CT molecular complexity index is 1140. The fourth-order valence-corrected chi connectivity index (χ4v) is 3.72. The standard InChI is InChI=1S/C23H20BrF3N2O4/c1-31-14-18(22(30)32-2)17-11-7-6-10-16(17)13-33-21-19(23(25,26)27)20(24)29(28-21)12-15-8-4-3-5-9-15/h3-11,14H,12-13H2,1-2H3/b18-14+. The van der Waals surface area contributed by atoms with Crippen LogP contribution in [0.1, 0.15) is 22.3 Å². The summed E-state index contributed by atoms with van der Waals surface area (Å²) in [7, 11) is 2.59. The van der Waals surface area contributed by atoms with E-state index in [1.54, 1.807) is 48.5 Å². The number of carbonyl (C=O) groups excluding carboxylic acids is 1. The summed E-state index contributed by atoms with van der Waals surface area (Å²) in [4.78, 5) is 12.2. The van der Waals surface area contributed by atoms with Crippen LogP contribution in [0, 0.1) is 0 Å². The number of halogens is 4. The van der Waals surface area contributed by atoms with Crippen molar-refractivity contribution in [1.29, 1.82) is 0 Å². The summed E-state index contributed by atoms with van der Waals surface area (Å²) in [6.45, 7) is -0.153. The van der Waals surface area contributed by atoms with Gasteiger partial charge in [-0.25, -0.2) is 9.48 Å². The number of aromatic nitrogens is 2. The predicted molar refractivity (Wildman–Crippen MR) is 118 cm³/mol. The molecule has 3 aromatic rings. The average Bonchev–Trinajstić information content (AvgIpc) is 3.11. The summed E-state index contributed by atoms with van der Waals surface area (Å²) in [5, 5.41) is 4.05. The smallest absolute Gasteiger partial charge is 0.424 e. The third-order valence-electron chi connectivity index (χ3n) is 4.63. The molecule has 0 N–H and O–H groups in total. The van der Waals surface area contributed by atoms with Crippen LogP contribution >= 0.6 is 15.9 Å². The molecule has 0 unspecified atom stereocenters. The SMILES string of the molecule is CO/C=C(/C(=O)OC)c1ccccc1COc1nn(Cc2ccccc2)c(Br)c1C(F)(F)F. The van der Waals surface area contributed by atoms with Gasteiger partial charge in [-0.1, -0.05) is 54.6 Å². The van der Waals surface area contributed by atoms with E-state index < -0.39 is 23.6 Å². The summed E-state index contributed by atoms with van der Waals surface area (Å²) in [6.07, 6.45) is -3.49. The molecule has 1 aromatic heterocycles. The fourth-order valence-electron chi connectivity index (χ4n) is 3.13. The van der Waals surface area contributed by atoms with E-state index in [1.807, 2.05) is 6.07 Å². The molecule has 10 heteroatoms. The van der Waals surface area contributed by atoms with Crippen LogP contribution < -0.4 is 4.74 Å². The molecule has 0 radical (unpaired) electrons. The summed E-state index contributed by atoms with van der Waals surface area (Å²) in [5.41, 5.74) is 0.719. The molecule has 0 amide bonds. The molecule has 6 nitrogen and oxygen atoms in total. The lowest BCUT2D eigenvalue weighted by atomic mass is 10.0. The third kappa shape index (κ3) is 5.75. The number of benzene rings is 2. The van der Waals surface area contributed by atoms with Crippen molar-refractivity contribution in [3.8, 4) is 5.88 Å². The molecule has 2 aromatic carbocycles. The molecule has 0 saturated carbocycles. The minimum atomic E-state index is -4.70. The highest BCUT2D eigenvalue weighted by Crippen LogP contribution is 2.41. The molecule has 3 rings (SSSR count). The number of hydrogen-bond donors (Lipinski definition) is 0. The lowest BCUT2D eigenvalue weighted by molar-refractivity contribution is -0.139. The number of rotatable bonds is 8. The maximum Gasteiger partial charge on any atom is 0.424 e. The second-order valence-electron chi connectivity index (χ2n) is 6.82. The van der Waals surface area contributed by atoms with Crippen LogP contribution in [0.3, 0.4) is 0 Å². The fraction of sp³-hybridized carbons (Fsp3) is 0.217. The van der Waals surface area contributed by atoms with Gasteiger partial charge in [0.25, 0.3) is 0 Å². The second kappa shape index (κ2) is 10.6. The normalized spacial score (nSPS) is 11.9. The topological polar surface area (TPSA) is 62.6 Å². The van der Waals surface area contributed by atoms with Gasteiger partial charge in [-0.3, -0.25) is 0 Å². The molecule has 33 heavy (non-hydrogen) atoms. The number of ether oxygens (including phenoxy) is 3. The van der Waals surface area contributed by atoms with Gasteiger partial charge in [0.05, 0.1) is 27.0 Å². The highest BCUT2D eigenvalue weighted by Gasteiger charge is 2.41. The second-order valence-corrected chi connectivity index (χ2v) is 7.57. The van der Waals surface area contributed by atoms with Gasteiger partial charge in [0, 0.05) is 0 Å². The van der Waals surface area contributed by atoms with Crippen molar-refractivity contribution < 1.29 is 32.2 Å². The maximum absolute atomic E-state index is 13.8. The first-order valence-electron chi connectivity index (χ1n) is 9.66. The molecule has 0 aliphatic rings. The predicted octanol–water partition coefficient (Wildman–Crippen LogP) is 5.45. The Morgan fingerprint density at radius 2 is 1.76 bits per heavy atom. The lowest BCUT2D eigenvalue weighted by Crippen LogP contribution is -2.10. The molecule has 0 atom stereocenters. The molecule has 174 valence electrons. The third-order valence-corrected chi connectivity index (χ3v) is 5.44. The Kier molecular flexibility index (Phi) is 7.80. The minimum Gasteiger partial charge on any atom is -0.503 e. The molecule has 0 aliphatic heterocycles. The Labute approximate surface area is 196 Å². The highest BCUT2D eigenvalue weighted by atomic mass is 79.9. The Balaban J connectivity index is 1.94. The minimum absolute atomic E-state index is 0.103. The monoisotopic (exact) mass is 524 g/mol. The van der Waals surface area contributed by atoms with Crippen molar-refractivity contribution >= 4 is 27.5 Å². The van der Waals surface area contributed by atoms with Gasteiger partial charge in [-0.15, -0.1) is 5.10 Å². The zero-order chi connectivity index (χ0) is 24.0. The van der Waals surface area contributed by atoms with Gasteiger partial charge < -0.3 is 14.2 Å². The van der Waals surface area contributed by atoms with E-state index in [2.05, 4.69) is 21.0 Å². The number of esters is 1. The molecule has 0 aliphatic carbocycles. The molecule has 0 fully saturated rings. The van der Waals surface area contributed by atoms with Gasteiger partial charge in [-0.05, 0) is 32.6 Å². The molecule has 0 bridgehead atoms. The van der Waals surface area contributed by atoms with Crippen LogP contribution in [0.5, 0.6) is 5.88 Å². The van der Waals surface area contributed by atoms with Crippen molar-refractivity contribution in [3.63, 3.8) is 0 Å². The first-order chi connectivity index (χ1) is 15.8. The summed E-state index contributed by atoms with van der Waals surface area (Å²) in [5.74, 6) is -1.23. The van der Waals surface area contributed by atoms with Gasteiger partial charge in [-0.2, -0.15) is 13.2 Å². The molecule has 0 saturated heterocycles. The number of hydrogen-bond acceptors (Lipinski definition) is 5. The average molecular weight is 525 g/mol. The van der Waals surface area contributed by atoms with E-state index in [9.17, 15) is 18.0 Å². The first kappa shape index (κ1) is 24.4. The van der Waals surface area contributed by atoms with Crippen molar-refractivity contribution in [2.24, 2.45) is 0 Å². The van der Waals surface area contributed by atoms with Crippen LogP contribution in [0.15, 0.2) is 65.5 Å². The van der Waals surface area contributed by atoms with Crippen LogP contribution in [0.4, 0.5) is 13.2 Å². The van der Waals surface area contributed by atoms with Crippen molar-refractivity contribution in [2.45, 2.75) is 19.3 Å². The van der Waals surface area contributed by atoms with Gasteiger partial charge in [0.2, 0.25) is 5.88 Å². The van der Waals surface area contributed by atoms with Gasteiger partial charge >= 0.3 is 12.1 Å². The summed E-state index contributed by atoms with van der Waals surface area (Å²) >= 11 is 3.02. The van der Waals surface area contributed by atoms with E-state index in [0.29, 0.717) is 11.1 Å². The molecule has 1 heterocycles. The lowest BCUT2D eigenvalue weighted by Gasteiger charge is -2.13. The zero-order valence-electron chi connectivity index (χ0n) is 17.7. The van der Waals surface area contributed by atoms with Crippen LogP contribution in [-0.2, 0) is 33.6 Å². The van der Waals surface area contributed by atoms with E-state index in [0.717, 1.165) is 5.56 Å². The largest absolute Gasteiger partial charge is 0.503 e. The summed E-state index contributed by atoms with van der Waals surface area (Å²) < 4.78 is 57.6. The quantitative estimate of drug-likeness (QED) is 0.222. The maximum atomic E-state index is 13.8. The van der Waals surface area contributed by atoms with Crippen molar-refractivity contribution in [1.82, 2.24) is 9.78 Å². The van der Waals surface area contributed by atoms with E-state index in [-0.39, 0.29) is 23.3 Å². The first-order valence-corrected chi connectivity index (χ1v) is 10.4. The highest BCUT2D eigenvalue weighted by molar-refractivity contribution is 9.10. The zero-order valence-corrected chi connectivity index (χ0v) is 19.3. The Morgan fingerprint density at radius 1 is 1.09 bits per heavy atom. The van der Waals surface area contributed by atoms with Crippen LogP contribution in [-0.4, -0.2) is 30.0 Å². The number of methoxy groups -OCH3 is 2. The molecule has 0 spiro atoms. The van der Waals surface area contributed by atoms with E-state index in [4.69, 9.17) is 14.2 Å². The summed E-state index contributed by atoms with van der Waals surface area (Å²) in [6, 6.07) is 15.6. The van der Waals surface area contributed by atoms with E-state index >= 15 is 0 Å². The van der Waals surface area contributed by atoms with Gasteiger partial charge in [0.1, 0.15) is 16.8 Å². The van der Waals surface area contributed by atoms with E-state index in [1.165, 1.54) is 25.2 Å². The van der Waals surface area contributed by atoms with Crippen molar-refractivity contribution in [3.05, 3.63) is 87.7 Å². The Morgan fingerprint density at radius 3 is 2.39 bits per heavy atom. The van der Waals surface area contributed by atoms with Crippen LogP contribution in [0.25, 0.3) is 5.57 Å². The molecular weight excluding hydrogens is 505 g/mol. The van der Waals surface area contributed by atoms with Crippen molar-refractivity contribution in [2.75, 3.05) is 14.2 Å². The molecular formula is C23H20BrF3N2O4. The number of nitrogens with zero attached hydrogens (tertiary/aromatic N) is 2. The van der Waals surface area contributed by atoms with Gasteiger partial charge in [0.15, 0.2) is 5.56 Å². The Hall–Kier alpha value is -3.27. The van der Waals surface area contributed by atoms with Crippen LogP contribution in [0.2, 0.25) is 0 Å². The number of alkyl halides is 3.